The Kier molecular flexibility index (Phi) is 2.50. The second kappa shape index (κ2) is 3.85. The molecule has 0 aliphatic heterocycles. The second-order valence-electron chi connectivity index (χ2n) is 3.63. The van der Waals surface area contributed by atoms with Gasteiger partial charge in [-0.05, 0) is 60.4 Å². The summed E-state index contributed by atoms with van der Waals surface area (Å²) in [7, 11) is 0. The first kappa shape index (κ1) is 9.75. The summed E-state index contributed by atoms with van der Waals surface area (Å²) < 4.78 is 4.00. The third-order valence-corrected chi connectivity index (χ3v) is 5.00. The van der Waals surface area contributed by atoms with E-state index in [2.05, 4.69) is 15.4 Å². The summed E-state index contributed by atoms with van der Waals surface area (Å²) in [5.41, 5.74) is 1.51. The van der Waals surface area contributed by atoms with Crippen molar-refractivity contribution >= 4 is 34.5 Å². The Morgan fingerprint density at radius 3 is 2.87 bits per heavy atom. The molecule has 0 saturated heterocycles. The zero-order valence-electron chi connectivity index (χ0n) is 7.99. The molecule has 78 valence electrons. The van der Waals surface area contributed by atoms with Crippen molar-refractivity contribution in [1.82, 2.24) is 9.36 Å². The highest BCUT2D eigenvalue weighted by Crippen LogP contribution is 2.36. The summed E-state index contributed by atoms with van der Waals surface area (Å²) in [5.74, 6) is 0. The van der Waals surface area contributed by atoms with E-state index < -0.39 is 0 Å². The molecule has 0 bridgehead atoms. The second-order valence-corrected chi connectivity index (χ2v) is 5.86. The van der Waals surface area contributed by atoms with Gasteiger partial charge in [0, 0.05) is 4.88 Å². The van der Waals surface area contributed by atoms with Crippen LogP contribution < -0.4 is 0 Å². The maximum atomic E-state index is 5.73. The molecule has 0 fully saturated rings. The average Bonchev–Trinajstić information content (AvgIpc) is 2.82. The van der Waals surface area contributed by atoms with Crippen molar-refractivity contribution in [3.8, 4) is 9.88 Å². The van der Waals surface area contributed by atoms with Crippen LogP contribution in [0.4, 0.5) is 0 Å². The van der Waals surface area contributed by atoms with Crippen molar-refractivity contribution < 1.29 is 0 Å². The van der Waals surface area contributed by atoms with Crippen LogP contribution in [0, 0.1) is 0 Å². The lowest BCUT2D eigenvalue weighted by atomic mass is 9.99. The van der Waals surface area contributed by atoms with Crippen LogP contribution in [0.1, 0.15) is 23.3 Å². The SMILES string of the molecule is Clc1nsc(-c2cc3c(s2)CCCC3)n1. The topological polar surface area (TPSA) is 25.8 Å². The largest absolute Gasteiger partial charge is 0.234 e. The molecule has 0 N–H and O–H groups in total. The normalized spacial score (nSPS) is 15.3. The maximum absolute atomic E-state index is 5.73. The molecule has 0 radical (unpaired) electrons. The van der Waals surface area contributed by atoms with E-state index in [9.17, 15) is 0 Å². The molecule has 0 atom stereocenters. The predicted octanol–water partition coefficient (Wildman–Crippen LogP) is 3.80. The van der Waals surface area contributed by atoms with E-state index in [0.29, 0.717) is 5.28 Å². The van der Waals surface area contributed by atoms with E-state index >= 15 is 0 Å². The van der Waals surface area contributed by atoms with Gasteiger partial charge in [-0.1, -0.05) is 0 Å². The number of nitrogens with zero attached hydrogens (tertiary/aromatic N) is 2. The minimum Gasteiger partial charge on any atom is -0.204 e. The van der Waals surface area contributed by atoms with Crippen LogP contribution in [-0.4, -0.2) is 9.36 Å². The van der Waals surface area contributed by atoms with Crippen LogP contribution >= 0.6 is 34.5 Å². The van der Waals surface area contributed by atoms with Gasteiger partial charge in [0.2, 0.25) is 5.28 Å². The number of hydrogen-bond donors (Lipinski definition) is 0. The summed E-state index contributed by atoms with van der Waals surface area (Å²) in [4.78, 5) is 6.97. The van der Waals surface area contributed by atoms with Gasteiger partial charge in [-0.3, -0.25) is 0 Å². The molecule has 0 amide bonds. The molecule has 2 aromatic heterocycles. The van der Waals surface area contributed by atoms with Crippen LogP contribution in [0.5, 0.6) is 0 Å². The van der Waals surface area contributed by atoms with Gasteiger partial charge >= 0.3 is 0 Å². The van der Waals surface area contributed by atoms with Crippen LogP contribution in [0.15, 0.2) is 6.07 Å². The van der Waals surface area contributed by atoms with E-state index in [1.54, 1.807) is 0 Å². The highest BCUT2D eigenvalue weighted by atomic mass is 35.5. The Bertz CT molecular complexity index is 466. The van der Waals surface area contributed by atoms with Crippen molar-refractivity contribution in [2.45, 2.75) is 25.7 Å². The minimum absolute atomic E-state index is 0.362. The lowest BCUT2D eigenvalue weighted by Crippen LogP contribution is -1.96. The van der Waals surface area contributed by atoms with E-state index in [1.165, 1.54) is 52.5 Å². The molecule has 1 aliphatic rings. The first-order valence-electron chi connectivity index (χ1n) is 4.94. The third-order valence-electron chi connectivity index (χ3n) is 2.61. The molecule has 2 aromatic rings. The van der Waals surface area contributed by atoms with Gasteiger partial charge < -0.3 is 0 Å². The summed E-state index contributed by atoms with van der Waals surface area (Å²) in [6, 6.07) is 2.26. The van der Waals surface area contributed by atoms with Crippen molar-refractivity contribution in [3.05, 3.63) is 21.8 Å². The van der Waals surface area contributed by atoms with E-state index in [4.69, 9.17) is 11.6 Å². The number of halogens is 1. The van der Waals surface area contributed by atoms with E-state index in [0.717, 1.165) is 5.01 Å². The standard InChI is InChI=1S/C10H9ClN2S2/c11-10-12-9(15-13-10)8-5-6-3-1-2-4-7(6)14-8/h5H,1-4H2. The molecule has 2 nitrogen and oxygen atoms in total. The molecule has 2 heterocycles. The number of aryl methyl sites for hydroxylation is 2. The zero-order chi connectivity index (χ0) is 10.3. The molecule has 5 heteroatoms. The molecule has 0 aromatic carbocycles. The zero-order valence-corrected chi connectivity index (χ0v) is 10.4. The lowest BCUT2D eigenvalue weighted by molar-refractivity contribution is 0.697. The first-order chi connectivity index (χ1) is 7.33. The Labute approximate surface area is 101 Å². The van der Waals surface area contributed by atoms with Gasteiger partial charge in [-0.25, -0.2) is 4.98 Å². The molecular formula is C10H9ClN2S2. The molecular weight excluding hydrogens is 248 g/mol. The number of rotatable bonds is 1. The van der Waals surface area contributed by atoms with Crippen LogP contribution in [-0.2, 0) is 12.8 Å². The van der Waals surface area contributed by atoms with Crippen LogP contribution in [0.2, 0.25) is 5.28 Å². The third kappa shape index (κ3) is 1.82. The van der Waals surface area contributed by atoms with Crippen LogP contribution in [0.25, 0.3) is 9.88 Å². The first-order valence-corrected chi connectivity index (χ1v) is 6.91. The Morgan fingerprint density at radius 1 is 1.27 bits per heavy atom. The van der Waals surface area contributed by atoms with Crippen LogP contribution in [0.3, 0.4) is 0 Å². The summed E-state index contributed by atoms with van der Waals surface area (Å²) in [5, 5.41) is 1.32. The van der Waals surface area contributed by atoms with E-state index in [1.807, 2.05) is 11.3 Å². The molecule has 1 aliphatic carbocycles. The fourth-order valence-electron chi connectivity index (χ4n) is 1.90. The Hall–Kier alpha value is -0.450. The average molecular weight is 257 g/mol. The molecule has 3 rings (SSSR count). The Balaban J connectivity index is 2.02. The number of aromatic nitrogens is 2. The monoisotopic (exact) mass is 256 g/mol. The predicted molar refractivity (Wildman–Crippen MR) is 64.9 cm³/mol. The number of hydrogen-bond acceptors (Lipinski definition) is 4. The van der Waals surface area contributed by atoms with Gasteiger partial charge in [0.1, 0.15) is 0 Å². The van der Waals surface area contributed by atoms with Gasteiger partial charge in [0.25, 0.3) is 0 Å². The highest BCUT2D eigenvalue weighted by Gasteiger charge is 2.16. The lowest BCUT2D eigenvalue weighted by Gasteiger charge is -2.08. The summed E-state index contributed by atoms with van der Waals surface area (Å²) >= 11 is 8.96. The minimum atomic E-state index is 0.362. The van der Waals surface area contributed by atoms with Crippen molar-refractivity contribution in [3.63, 3.8) is 0 Å². The summed E-state index contributed by atoms with van der Waals surface area (Å²) in [6.45, 7) is 0. The van der Waals surface area contributed by atoms with Crippen molar-refractivity contribution in [1.29, 1.82) is 0 Å². The number of thiophene rings is 1. The quantitative estimate of drug-likeness (QED) is 0.776. The molecule has 0 unspecified atom stereocenters. The van der Waals surface area contributed by atoms with E-state index in [-0.39, 0.29) is 0 Å². The fourth-order valence-corrected chi connectivity index (χ4v) is 3.99. The van der Waals surface area contributed by atoms with Gasteiger partial charge in [0.05, 0.1) is 4.88 Å². The summed E-state index contributed by atoms with van der Waals surface area (Å²) in [6.07, 6.45) is 5.09. The maximum Gasteiger partial charge on any atom is 0.234 e. The van der Waals surface area contributed by atoms with Gasteiger partial charge in [-0.15, -0.1) is 11.3 Å². The van der Waals surface area contributed by atoms with Crippen molar-refractivity contribution in [2.24, 2.45) is 0 Å². The molecule has 0 saturated carbocycles. The fraction of sp³-hybridized carbons (Fsp3) is 0.400. The highest BCUT2D eigenvalue weighted by molar-refractivity contribution is 7.19. The number of fused-ring (bicyclic) bond motifs is 1. The Morgan fingerprint density at radius 2 is 2.13 bits per heavy atom. The molecule has 15 heavy (non-hydrogen) atoms. The van der Waals surface area contributed by atoms with Crippen molar-refractivity contribution in [2.75, 3.05) is 0 Å². The molecule has 0 spiro atoms. The van der Waals surface area contributed by atoms with Gasteiger partial charge in [-0.2, -0.15) is 4.37 Å². The smallest absolute Gasteiger partial charge is 0.204 e. The van der Waals surface area contributed by atoms with Gasteiger partial charge in [0.15, 0.2) is 5.01 Å².